The molecule has 1 unspecified atom stereocenters. The first-order chi connectivity index (χ1) is 26.7. The number of allylic oxidation sites excluding steroid dienone is 1. The third-order valence-electron chi connectivity index (χ3n) is 11.1. The summed E-state index contributed by atoms with van der Waals surface area (Å²) in [6.45, 7) is 6.36. The summed E-state index contributed by atoms with van der Waals surface area (Å²) in [5.41, 5.74) is 13.7. The Morgan fingerprint density at radius 3 is 2.00 bits per heavy atom. The molecule has 0 amide bonds. The van der Waals surface area contributed by atoms with E-state index in [0.717, 1.165) is 72.9 Å². The van der Waals surface area contributed by atoms with Crippen LogP contribution in [0, 0.1) is 0 Å². The van der Waals surface area contributed by atoms with Crippen molar-refractivity contribution in [1.82, 2.24) is 9.97 Å². The molecule has 0 radical (unpaired) electrons. The van der Waals surface area contributed by atoms with Gasteiger partial charge in [0.15, 0.2) is 0 Å². The van der Waals surface area contributed by atoms with Crippen molar-refractivity contribution in [1.29, 1.82) is 0 Å². The van der Waals surface area contributed by atoms with E-state index in [2.05, 4.69) is 164 Å². The predicted molar refractivity (Wildman–Crippen MR) is 222 cm³/mol. The summed E-state index contributed by atoms with van der Waals surface area (Å²) in [7, 11) is 0. The van der Waals surface area contributed by atoms with E-state index in [0.29, 0.717) is 6.42 Å². The Morgan fingerprint density at radius 1 is 0.611 bits per heavy atom. The summed E-state index contributed by atoms with van der Waals surface area (Å²) in [6, 6.07) is 56.1. The molecule has 1 aliphatic heterocycles. The molecule has 54 heavy (non-hydrogen) atoms. The highest BCUT2D eigenvalue weighted by molar-refractivity contribution is 5.97. The number of benzene rings is 7. The molecule has 0 bridgehead atoms. The molecule has 256 valence electrons. The lowest BCUT2D eigenvalue weighted by molar-refractivity contribution is 0.440. The third-order valence-corrected chi connectivity index (χ3v) is 11.1. The highest BCUT2D eigenvalue weighted by atomic mass is 16.5. The van der Waals surface area contributed by atoms with Crippen LogP contribution in [-0.2, 0) is 11.8 Å². The van der Waals surface area contributed by atoms with Gasteiger partial charge in [-0.15, -0.1) is 0 Å². The van der Waals surface area contributed by atoms with E-state index in [9.17, 15) is 0 Å². The first kappa shape index (κ1) is 31.9. The highest BCUT2D eigenvalue weighted by Crippen LogP contribution is 2.64. The summed E-state index contributed by atoms with van der Waals surface area (Å²) in [5.74, 6) is 2.50. The number of hydrogen-bond donors (Lipinski definition) is 0. The van der Waals surface area contributed by atoms with E-state index in [1.807, 2.05) is 25.1 Å². The molecule has 3 heteroatoms. The van der Waals surface area contributed by atoms with E-state index >= 15 is 0 Å². The molecule has 2 heterocycles. The summed E-state index contributed by atoms with van der Waals surface area (Å²) in [5, 5.41) is 2.22. The third kappa shape index (κ3) is 4.75. The summed E-state index contributed by atoms with van der Waals surface area (Å²) in [4.78, 5) is 10.5. The number of aromatic nitrogens is 2. The Kier molecular flexibility index (Phi) is 7.48. The van der Waals surface area contributed by atoms with Gasteiger partial charge in [0, 0.05) is 39.6 Å². The van der Waals surface area contributed by atoms with Gasteiger partial charge in [0.25, 0.3) is 0 Å². The number of hydrogen-bond acceptors (Lipinski definition) is 3. The monoisotopic (exact) mass is 692 g/mol. The summed E-state index contributed by atoms with van der Waals surface area (Å²) < 4.78 is 7.17. The van der Waals surface area contributed by atoms with Gasteiger partial charge in [-0.25, -0.2) is 9.97 Å². The van der Waals surface area contributed by atoms with E-state index in [-0.39, 0.29) is 0 Å². The highest BCUT2D eigenvalue weighted by Gasteiger charge is 2.53. The molecule has 8 aromatic rings. The maximum Gasteiger partial charge on any atom is 0.140 e. The van der Waals surface area contributed by atoms with Crippen LogP contribution in [-0.4, -0.2) is 9.97 Å². The number of nitrogens with zero attached hydrogens (tertiary/aromatic N) is 2. The fraction of sp³-hybridized carbons (Fsp3) is 0.0588. The molecule has 1 spiro atoms. The van der Waals surface area contributed by atoms with E-state index in [1.165, 1.54) is 27.8 Å². The Morgan fingerprint density at radius 2 is 1.26 bits per heavy atom. The van der Waals surface area contributed by atoms with Gasteiger partial charge < -0.3 is 4.74 Å². The van der Waals surface area contributed by atoms with Gasteiger partial charge in [0.2, 0.25) is 0 Å². The van der Waals surface area contributed by atoms with Gasteiger partial charge in [-0.1, -0.05) is 176 Å². The molecule has 10 rings (SSSR count). The van der Waals surface area contributed by atoms with Crippen LogP contribution in [0.2, 0.25) is 0 Å². The average Bonchev–Trinajstić information content (AvgIpc) is 3.52. The lowest BCUT2D eigenvalue weighted by Gasteiger charge is -2.41. The van der Waals surface area contributed by atoms with Crippen LogP contribution >= 0.6 is 0 Å². The molecule has 0 saturated heterocycles. The molecule has 3 nitrogen and oxygen atoms in total. The Hall–Kier alpha value is -6.84. The normalized spacial score (nSPS) is 15.1. The van der Waals surface area contributed by atoms with Gasteiger partial charge in [0.1, 0.15) is 17.3 Å². The van der Waals surface area contributed by atoms with Crippen molar-refractivity contribution in [3.05, 3.63) is 215 Å². The Bertz CT molecular complexity index is 2740. The van der Waals surface area contributed by atoms with Crippen LogP contribution < -0.4 is 4.74 Å². The predicted octanol–water partition coefficient (Wildman–Crippen LogP) is 12.7. The molecule has 7 aromatic carbocycles. The zero-order valence-corrected chi connectivity index (χ0v) is 30.0. The molecule has 2 aliphatic rings. The molecule has 1 aliphatic carbocycles. The Balaban J connectivity index is 1.28. The quantitative estimate of drug-likeness (QED) is 0.174. The maximum atomic E-state index is 7.17. The molecular weight excluding hydrogens is 657 g/mol. The standard InChI is InChI=1S/C51H36N2O/c1-3-16-33-27-29-43-49(38(33)4-2)54-50-39-23-12-11-17-34(39)28-30-44(50)51(43)42-26-14-13-24-40(42)41-25-15-22-37(48(41)51)31-47-52-45(35-18-7-5-8-19-35)32-46(53-47)36-20-9-6-10-21-36/h3-30,32H,2,31H2,1H3/b16-3-. The first-order valence-corrected chi connectivity index (χ1v) is 18.5. The minimum absolute atomic E-state index is 0.545. The van der Waals surface area contributed by atoms with Crippen LogP contribution in [0.25, 0.3) is 56.6 Å². The number of fused-ring (bicyclic) bond motifs is 11. The van der Waals surface area contributed by atoms with E-state index in [1.54, 1.807) is 0 Å². The van der Waals surface area contributed by atoms with Crippen LogP contribution in [0.3, 0.4) is 0 Å². The second kappa shape index (κ2) is 12.7. The van der Waals surface area contributed by atoms with Crippen molar-refractivity contribution in [2.75, 3.05) is 0 Å². The molecule has 1 aromatic heterocycles. The van der Waals surface area contributed by atoms with Gasteiger partial charge in [-0.05, 0) is 51.8 Å². The average molecular weight is 693 g/mol. The van der Waals surface area contributed by atoms with Gasteiger partial charge >= 0.3 is 0 Å². The smallest absolute Gasteiger partial charge is 0.140 e. The molecule has 0 N–H and O–H groups in total. The van der Waals surface area contributed by atoms with E-state index in [4.69, 9.17) is 14.7 Å². The van der Waals surface area contributed by atoms with Crippen molar-refractivity contribution in [2.24, 2.45) is 0 Å². The van der Waals surface area contributed by atoms with Crippen molar-refractivity contribution in [3.63, 3.8) is 0 Å². The number of ether oxygens (including phenoxy) is 1. The van der Waals surface area contributed by atoms with Crippen LogP contribution in [0.5, 0.6) is 11.5 Å². The minimum atomic E-state index is -0.680. The molecule has 0 fully saturated rings. The fourth-order valence-electron chi connectivity index (χ4n) is 8.86. The van der Waals surface area contributed by atoms with Gasteiger partial charge in [-0.2, -0.15) is 0 Å². The summed E-state index contributed by atoms with van der Waals surface area (Å²) in [6.07, 6.45) is 6.70. The summed E-state index contributed by atoms with van der Waals surface area (Å²) >= 11 is 0. The Labute approximate surface area is 315 Å². The largest absolute Gasteiger partial charge is 0.455 e. The fourth-order valence-corrected chi connectivity index (χ4v) is 8.86. The second-order valence-electron chi connectivity index (χ2n) is 14.0. The zero-order valence-electron chi connectivity index (χ0n) is 30.0. The first-order valence-electron chi connectivity index (χ1n) is 18.5. The molecular formula is C51H36N2O. The minimum Gasteiger partial charge on any atom is -0.455 e. The number of rotatable bonds is 6. The van der Waals surface area contributed by atoms with E-state index < -0.39 is 5.41 Å². The lowest BCUT2D eigenvalue weighted by Crippen LogP contribution is -2.33. The van der Waals surface area contributed by atoms with Crippen LogP contribution in [0.1, 0.15) is 51.7 Å². The maximum absolute atomic E-state index is 7.17. The van der Waals surface area contributed by atoms with Crippen molar-refractivity contribution in [3.8, 4) is 45.1 Å². The molecule has 1 atom stereocenters. The zero-order chi connectivity index (χ0) is 36.2. The van der Waals surface area contributed by atoms with Crippen molar-refractivity contribution >= 4 is 22.9 Å². The molecule has 0 saturated carbocycles. The van der Waals surface area contributed by atoms with Gasteiger partial charge in [0.05, 0.1) is 16.8 Å². The van der Waals surface area contributed by atoms with Crippen molar-refractivity contribution in [2.45, 2.75) is 18.8 Å². The van der Waals surface area contributed by atoms with Crippen LogP contribution in [0.4, 0.5) is 0 Å². The SMILES string of the molecule is C=Cc1c(/C=C\C)ccc2c1Oc1c(ccc3ccccc13)C21c2ccccc2-c2cccc(Cc3nc(-c4ccccc4)cc(-c4ccccc4)n3)c21. The second-order valence-corrected chi connectivity index (χ2v) is 14.0. The topological polar surface area (TPSA) is 35.0 Å². The van der Waals surface area contributed by atoms with Gasteiger partial charge in [-0.3, -0.25) is 0 Å². The van der Waals surface area contributed by atoms with Crippen LogP contribution in [0.15, 0.2) is 170 Å². The van der Waals surface area contributed by atoms with Crippen molar-refractivity contribution < 1.29 is 4.74 Å². The lowest BCUT2D eigenvalue weighted by atomic mass is 9.64.